The van der Waals surface area contributed by atoms with Gasteiger partial charge in [-0.1, -0.05) is 41.9 Å². The topological polar surface area (TPSA) is 39.9 Å². The van der Waals surface area contributed by atoms with Crippen molar-refractivity contribution in [3.8, 4) is 22.6 Å². The molecule has 3 aromatic carbocycles. The van der Waals surface area contributed by atoms with Crippen molar-refractivity contribution in [2.24, 2.45) is 0 Å². The monoisotopic (exact) mass is 399 g/mol. The van der Waals surface area contributed by atoms with Crippen LogP contribution in [0, 0.1) is 6.92 Å². The van der Waals surface area contributed by atoms with E-state index < -0.39 is 0 Å². The Hall–Kier alpha value is -3.37. The first-order valence-electron chi connectivity index (χ1n) is 9.34. The molecule has 0 radical (unpaired) electrons. The molecule has 0 spiro atoms. The third-order valence-corrected chi connectivity index (χ3v) is 5.37. The van der Waals surface area contributed by atoms with E-state index in [1.165, 1.54) is 0 Å². The van der Waals surface area contributed by atoms with Gasteiger partial charge in [0.15, 0.2) is 5.65 Å². The molecule has 0 saturated heterocycles. The first-order valence-corrected chi connectivity index (χ1v) is 9.72. The molecule has 5 rings (SSSR count). The van der Waals surface area contributed by atoms with Crippen molar-refractivity contribution >= 4 is 33.5 Å². The van der Waals surface area contributed by atoms with Gasteiger partial charge in [-0.15, -0.1) is 0 Å². The summed E-state index contributed by atoms with van der Waals surface area (Å²) in [6.07, 6.45) is 0. The standard InChI is InChI=1S/C24H18ClN3O/c1-15-22-23(16-8-10-17(25)11-9-16)20-14-19(29-2)12-13-21(20)26-24(22)28(27-15)18-6-4-3-5-7-18/h3-14H,1-2H3. The van der Waals surface area contributed by atoms with Crippen molar-refractivity contribution in [2.45, 2.75) is 6.92 Å². The minimum Gasteiger partial charge on any atom is -0.497 e. The number of aryl methyl sites for hydroxylation is 1. The first-order chi connectivity index (χ1) is 14.2. The fourth-order valence-electron chi connectivity index (χ4n) is 3.77. The van der Waals surface area contributed by atoms with Gasteiger partial charge in [0.05, 0.1) is 29.4 Å². The highest BCUT2D eigenvalue weighted by atomic mass is 35.5. The Morgan fingerprint density at radius 3 is 2.41 bits per heavy atom. The van der Waals surface area contributed by atoms with E-state index in [0.29, 0.717) is 5.02 Å². The molecule has 4 nitrogen and oxygen atoms in total. The van der Waals surface area contributed by atoms with Crippen molar-refractivity contribution < 1.29 is 4.74 Å². The number of rotatable bonds is 3. The fraction of sp³-hybridized carbons (Fsp3) is 0.0833. The lowest BCUT2D eigenvalue weighted by Crippen LogP contribution is -1.98. The highest BCUT2D eigenvalue weighted by Gasteiger charge is 2.19. The SMILES string of the molecule is COc1ccc2nc3c(c(C)nn3-c3ccccc3)c(-c3ccc(Cl)cc3)c2c1. The van der Waals surface area contributed by atoms with E-state index in [-0.39, 0.29) is 0 Å². The van der Waals surface area contributed by atoms with Gasteiger partial charge in [-0.25, -0.2) is 9.67 Å². The zero-order valence-corrected chi connectivity index (χ0v) is 16.8. The second-order valence-electron chi connectivity index (χ2n) is 6.91. The zero-order valence-electron chi connectivity index (χ0n) is 16.1. The average Bonchev–Trinajstić information content (AvgIpc) is 3.09. The second-order valence-corrected chi connectivity index (χ2v) is 7.34. The van der Waals surface area contributed by atoms with Crippen LogP contribution >= 0.6 is 11.6 Å². The molecule has 2 aromatic heterocycles. The Balaban J connectivity index is 1.94. The van der Waals surface area contributed by atoms with Gasteiger partial charge in [0, 0.05) is 16.0 Å². The number of nitrogens with zero attached hydrogens (tertiary/aromatic N) is 3. The largest absolute Gasteiger partial charge is 0.497 e. The molecule has 0 saturated carbocycles. The number of fused-ring (bicyclic) bond motifs is 2. The van der Waals surface area contributed by atoms with Gasteiger partial charge in [-0.2, -0.15) is 5.10 Å². The molecule has 5 aromatic rings. The number of hydrogen-bond acceptors (Lipinski definition) is 3. The Bertz CT molecular complexity index is 1340. The van der Waals surface area contributed by atoms with E-state index in [9.17, 15) is 0 Å². The first kappa shape index (κ1) is 17.7. The molecule has 2 heterocycles. The number of aromatic nitrogens is 3. The van der Waals surface area contributed by atoms with Crippen LogP contribution in [0.3, 0.4) is 0 Å². The van der Waals surface area contributed by atoms with Crippen molar-refractivity contribution in [3.63, 3.8) is 0 Å². The van der Waals surface area contributed by atoms with Crippen LogP contribution in [0.1, 0.15) is 5.69 Å². The number of para-hydroxylation sites is 1. The van der Waals surface area contributed by atoms with Crippen LogP contribution in [-0.4, -0.2) is 21.9 Å². The molecule has 29 heavy (non-hydrogen) atoms. The van der Waals surface area contributed by atoms with Crippen LogP contribution in [0.25, 0.3) is 38.8 Å². The van der Waals surface area contributed by atoms with E-state index in [0.717, 1.165) is 50.2 Å². The summed E-state index contributed by atoms with van der Waals surface area (Å²) in [5.41, 5.74) is 5.77. The number of benzene rings is 3. The van der Waals surface area contributed by atoms with Crippen molar-refractivity contribution in [1.29, 1.82) is 0 Å². The van der Waals surface area contributed by atoms with Gasteiger partial charge in [0.25, 0.3) is 0 Å². The number of ether oxygens (including phenoxy) is 1. The highest BCUT2D eigenvalue weighted by Crippen LogP contribution is 2.38. The van der Waals surface area contributed by atoms with E-state index in [1.807, 2.05) is 84.4 Å². The molecule has 0 aliphatic rings. The molecule has 0 amide bonds. The van der Waals surface area contributed by atoms with Gasteiger partial charge >= 0.3 is 0 Å². The van der Waals surface area contributed by atoms with E-state index in [1.54, 1.807) is 7.11 Å². The van der Waals surface area contributed by atoms with Crippen LogP contribution in [-0.2, 0) is 0 Å². The van der Waals surface area contributed by atoms with Crippen LogP contribution in [0.15, 0.2) is 72.8 Å². The normalized spacial score (nSPS) is 11.3. The number of halogens is 1. The van der Waals surface area contributed by atoms with Crippen molar-refractivity contribution in [3.05, 3.63) is 83.5 Å². The minimum absolute atomic E-state index is 0.706. The summed E-state index contributed by atoms with van der Waals surface area (Å²) in [5, 5.41) is 7.58. The minimum atomic E-state index is 0.706. The Morgan fingerprint density at radius 1 is 0.931 bits per heavy atom. The van der Waals surface area contributed by atoms with E-state index in [4.69, 9.17) is 26.4 Å². The quantitative estimate of drug-likeness (QED) is 0.362. The summed E-state index contributed by atoms with van der Waals surface area (Å²) in [6, 6.07) is 23.9. The summed E-state index contributed by atoms with van der Waals surface area (Å²) in [5.74, 6) is 0.793. The molecule has 5 heteroatoms. The van der Waals surface area contributed by atoms with Crippen LogP contribution in [0.4, 0.5) is 0 Å². The number of methoxy groups -OCH3 is 1. The van der Waals surface area contributed by atoms with Crippen LogP contribution in [0.2, 0.25) is 5.02 Å². The van der Waals surface area contributed by atoms with Gasteiger partial charge in [0.2, 0.25) is 0 Å². The van der Waals surface area contributed by atoms with Gasteiger partial charge in [0.1, 0.15) is 5.75 Å². The molecular weight excluding hydrogens is 382 g/mol. The third-order valence-electron chi connectivity index (χ3n) is 5.12. The van der Waals surface area contributed by atoms with Gasteiger partial charge in [-0.3, -0.25) is 0 Å². The summed E-state index contributed by atoms with van der Waals surface area (Å²) in [7, 11) is 1.67. The predicted octanol–water partition coefficient (Wildman–Crippen LogP) is 6.21. The summed E-state index contributed by atoms with van der Waals surface area (Å²) >= 11 is 6.15. The van der Waals surface area contributed by atoms with E-state index in [2.05, 4.69) is 0 Å². The number of hydrogen-bond donors (Lipinski definition) is 0. The van der Waals surface area contributed by atoms with Gasteiger partial charge in [-0.05, 0) is 55.0 Å². The zero-order chi connectivity index (χ0) is 20.0. The maximum atomic E-state index is 6.15. The Labute approximate surface area is 173 Å². The lowest BCUT2D eigenvalue weighted by molar-refractivity contribution is 0.415. The smallest absolute Gasteiger partial charge is 0.164 e. The second kappa shape index (κ2) is 6.90. The predicted molar refractivity (Wildman–Crippen MR) is 118 cm³/mol. The lowest BCUT2D eigenvalue weighted by Gasteiger charge is -2.12. The molecule has 0 aliphatic heterocycles. The van der Waals surface area contributed by atoms with Crippen molar-refractivity contribution in [1.82, 2.24) is 14.8 Å². The Morgan fingerprint density at radius 2 is 1.69 bits per heavy atom. The molecule has 0 aliphatic carbocycles. The van der Waals surface area contributed by atoms with Gasteiger partial charge < -0.3 is 4.74 Å². The lowest BCUT2D eigenvalue weighted by atomic mass is 9.97. The maximum absolute atomic E-state index is 6.15. The molecule has 0 N–H and O–H groups in total. The molecule has 0 unspecified atom stereocenters. The van der Waals surface area contributed by atoms with Crippen LogP contribution < -0.4 is 4.74 Å². The summed E-state index contributed by atoms with van der Waals surface area (Å²) in [6.45, 7) is 2.02. The molecular formula is C24H18ClN3O. The average molecular weight is 400 g/mol. The maximum Gasteiger partial charge on any atom is 0.164 e. The third kappa shape index (κ3) is 2.93. The fourth-order valence-corrected chi connectivity index (χ4v) is 3.89. The Kier molecular flexibility index (Phi) is 4.22. The number of pyridine rings is 1. The molecule has 0 atom stereocenters. The summed E-state index contributed by atoms with van der Waals surface area (Å²) in [4.78, 5) is 4.97. The molecule has 0 bridgehead atoms. The molecule has 142 valence electrons. The molecule has 0 fully saturated rings. The van der Waals surface area contributed by atoms with Crippen LogP contribution in [0.5, 0.6) is 5.75 Å². The highest BCUT2D eigenvalue weighted by molar-refractivity contribution is 6.30. The van der Waals surface area contributed by atoms with Crippen molar-refractivity contribution in [2.75, 3.05) is 7.11 Å². The summed E-state index contributed by atoms with van der Waals surface area (Å²) < 4.78 is 7.39. The van der Waals surface area contributed by atoms with E-state index >= 15 is 0 Å².